The van der Waals surface area contributed by atoms with Gasteiger partial charge in [-0.15, -0.1) is 11.3 Å². The summed E-state index contributed by atoms with van der Waals surface area (Å²) in [5.74, 6) is 0. The van der Waals surface area contributed by atoms with Crippen molar-refractivity contribution < 1.29 is 0 Å². The molecule has 0 bridgehead atoms. The Labute approximate surface area is 109 Å². The topological polar surface area (TPSA) is 42.2 Å². The number of pyridine rings is 1. The van der Waals surface area contributed by atoms with Gasteiger partial charge in [-0.1, -0.05) is 6.07 Å². The van der Waals surface area contributed by atoms with Crippen LogP contribution >= 0.6 is 11.3 Å². The minimum Gasteiger partial charge on any atom is -0.303 e. The fraction of sp³-hybridized carbons (Fsp3) is 0.231. The number of hydrogen-bond acceptors (Lipinski definition) is 4. The van der Waals surface area contributed by atoms with Crippen LogP contribution in [0.25, 0.3) is 4.96 Å². The third-order valence-electron chi connectivity index (χ3n) is 2.86. The Kier molecular flexibility index (Phi) is 3.08. The van der Waals surface area contributed by atoms with Crippen LogP contribution in [0, 0.1) is 0 Å². The van der Waals surface area contributed by atoms with E-state index in [-0.39, 0.29) is 6.04 Å². The Morgan fingerprint density at radius 3 is 3.17 bits per heavy atom. The molecule has 3 aromatic rings. The van der Waals surface area contributed by atoms with Gasteiger partial charge in [-0.2, -0.15) is 0 Å². The maximum Gasteiger partial charge on any atom is 0.193 e. The van der Waals surface area contributed by atoms with E-state index in [1.807, 2.05) is 40.4 Å². The average molecular weight is 258 g/mol. The van der Waals surface area contributed by atoms with E-state index >= 15 is 0 Å². The summed E-state index contributed by atoms with van der Waals surface area (Å²) in [5, 5.41) is 5.47. The molecule has 1 atom stereocenters. The molecule has 0 radical (unpaired) electrons. The van der Waals surface area contributed by atoms with E-state index in [1.165, 1.54) is 0 Å². The second-order valence-electron chi connectivity index (χ2n) is 4.18. The van der Waals surface area contributed by atoms with Crippen molar-refractivity contribution in [3.63, 3.8) is 0 Å². The van der Waals surface area contributed by atoms with Crippen LogP contribution in [0.3, 0.4) is 0 Å². The molecule has 0 spiro atoms. The van der Waals surface area contributed by atoms with Crippen molar-refractivity contribution >= 4 is 16.3 Å². The number of aromatic nitrogens is 3. The van der Waals surface area contributed by atoms with E-state index < -0.39 is 0 Å². The van der Waals surface area contributed by atoms with Crippen LogP contribution in [0.2, 0.25) is 0 Å². The first-order chi connectivity index (χ1) is 8.83. The third kappa shape index (κ3) is 2.27. The molecule has 0 amide bonds. The molecule has 1 N–H and O–H groups in total. The summed E-state index contributed by atoms with van der Waals surface area (Å²) in [6.45, 7) is 2.87. The van der Waals surface area contributed by atoms with Crippen molar-refractivity contribution in [2.24, 2.45) is 0 Å². The maximum absolute atomic E-state index is 4.54. The van der Waals surface area contributed by atoms with E-state index in [0.29, 0.717) is 0 Å². The van der Waals surface area contributed by atoms with Gasteiger partial charge in [0.25, 0.3) is 0 Å². The highest BCUT2D eigenvalue weighted by Crippen LogP contribution is 2.13. The van der Waals surface area contributed by atoms with Crippen LogP contribution in [0.1, 0.15) is 24.4 Å². The van der Waals surface area contributed by atoms with Gasteiger partial charge in [-0.05, 0) is 19.1 Å². The minimum atomic E-state index is 0.228. The molecule has 0 aromatic carbocycles. The highest BCUT2D eigenvalue weighted by Gasteiger charge is 2.07. The monoisotopic (exact) mass is 258 g/mol. The zero-order chi connectivity index (χ0) is 12.4. The second-order valence-corrected chi connectivity index (χ2v) is 5.06. The van der Waals surface area contributed by atoms with Crippen LogP contribution in [0.15, 0.2) is 42.2 Å². The lowest BCUT2D eigenvalue weighted by molar-refractivity contribution is 0.556. The minimum absolute atomic E-state index is 0.228. The van der Waals surface area contributed by atoms with Crippen LogP contribution in [0.5, 0.6) is 0 Å². The van der Waals surface area contributed by atoms with Crippen molar-refractivity contribution in [2.75, 3.05) is 0 Å². The molecule has 92 valence electrons. The molecule has 4 nitrogen and oxygen atoms in total. The van der Waals surface area contributed by atoms with E-state index in [0.717, 1.165) is 22.9 Å². The first-order valence-electron chi connectivity index (χ1n) is 5.88. The van der Waals surface area contributed by atoms with Crippen LogP contribution in [0.4, 0.5) is 0 Å². The van der Waals surface area contributed by atoms with E-state index in [4.69, 9.17) is 0 Å². The zero-order valence-electron chi connectivity index (χ0n) is 10.1. The Morgan fingerprint density at radius 2 is 2.39 bits per heavy atom. The number of imidazole rings is 1. The van der Waals surface area contributed by atoms with Gasteiger partial charge in [0.05, 0.1) is 11.4 Å². The standard InChI is InChI=1S/C13H14N4S/c1-10(12-4-2-3-5-14-12)15-8-11-9-17-6-7-18-13(17)16-11/h2-7,9-10,15H,8H2,1H3/t10-/m0/s1. The van der Waals surface area contributed by atoms with Crippen molar-refractivity contribution in [1.29, 1.82) is 0 Å². The predicted octanol–water partition coefficient (Wildman–Crippen LogP) is 2.64. The van der Waals surface area contributed by atoms with Gasteiger partial charge in [-0.25, -0.2) is 4.98 Å². The Hall–Kier alpha value is -1.72. The Balaban J connectivity index is 1.66. The van der Waals surface area contributed by atoms with Crippen molar-refractivity contribution in [2.45, 2.75) is 19.5 Å². The van der Waals surface area contributed by atoms with Gasteiger partial charge >= 0.3 is 0 Å². The van der Waals surface area contributed by atoms with Crippen molar-refractivity contribution in [3.8, 4) is 0 Å². The first-order valence-corrected chi connectivity index (χ1v) is 6.76. The van der Waals surface area contributed by atoms with Crippen LogP contribution < -0.4 is 5.32 Å². The fourth-order valence-corrected chi connectivity index (χ4v) is 2.57. The number of nitrogens with zero attached hydrogens (tertiary/aromatic N) is 3. The van der Waals surface area contributed by atoms with Crippen LogP contribution in [-0.4, -0.2) is 14.4 Å². The molecule has 3 aromatic heterocycles. The number of thiazole rings is 1. The maximum atomic E-state index is 4.54. The Morgan fingerprint density at radius 1 is 1.44 bits per heavy atom. The summed E-state index contributed by atoms with van der Waals surface area (Å²) in [4.78, 5) is 9.91. The number of fused-ring (bicyclic) bond motifs is 1. The van der Waals surface area contributed by atoms with Gasteiger partial charge < -0.3 is 5.32 Å². The molecule has 0 fully saturated rings. The molecular formula is C13H14N4S. The van der Waals surface area contributed by atoms with Gasteiger partial charge in [0.1, 0.15) is 0 Å². The van der Waals surface area contributed by atoms with E-state index in [1.54, 1.807) is 11.3 Å². The van der Waals surface area contributed by atoms with Crippen LogP contribution in [-0.2, 0) is 6.54 Å². The number of rotatable bonds is 4. The number of hydrogen-bond donors (Lipinski definition) is 1. The smallest absolute Gasteiger partial charge is 0.193 e. The SMILES string of the molecule is C[C@H](NCc1cn2ccsc2n1)c1ccccn1. The lowest BCUT2D eigenvalue weighted by Crippen LogP contribution is -2.19. The molecule has 5 heteroatoms. The zero-order valence-corrected chi connectivity index (χ0v) is 10.9. The number of nitrogens with one attached hydrogen (secondary N) is 1. The fourth-order valence-electron chi connectivity index (χ4n) is 1.86. The molecule has 0 unspecified atom stereocenters. The molecule has 18 heavy (non-hydrogen) atoms. The molecule has 3 rings (SSSR count). The van der Waals surface area contributed by atoms with Gasteiger partial charge in [-0.3, -0.25) is 9.38 Å². The summed E-state index contributed by atoms with van der Waals surface area (Å²) in [6.07, 6.45) is 5.91. The van der Waals surface area contributed by atoms with Crippen molar-refractivity contribution in [1.82, 2.24) is 19.7 Å². The third-order valence-corrected chi connectivity index (χ3v) is 3.63. The molecule has 0 aliphatic carbocycles. The molecule has 3 heterocycles. The second kappa shape index (κ2) is 4.88. The quantitative estimate of drug-likeness (QED) is 0.782. The lowest BCUT2D eigenvalue weighted by Gasteiger charge is -2.11. The summed E-state index contributed by atoms with van der Waals surface area (Å²) < 4.78 is 2.05. The lowest BCUT2D eigenvalue weighted by atomic mass is 10.2. The normalized spacial score (nSPS) is 12.9. The van der Waals surface area contributed by atoms with Gasteiger partial charge in [0.2, 0.25) is 0 Å². The first kappa shape index (κ1) is 11.4. The highest BCUT2D eigenvalue weighted by atomic mass is 32.1. The summed E-state index contributed by atoms with van der Waals surface area (Å²) >= 11 is 1.65. The molecule has 0 aliphatic heterocycles. The molecule has 0 aliphatic rings. The average Bonchev–Trinajstić information content (AvgIpc) is 2.97. The molecular weight excluding hydrogens is 244 g/mol. The molecule has 0 saturated heterocycles. The van der Waals surface area contributed by atoms with Gasteiger partial charge in [0.15, 0.2) is 4.96 Å². The van der Waals surface area contributed by atoms with Gasteiger partial charge in [0, 0.05) is 36.6 Å². The summed E-state index contributed by atoms with van der Waals surface area (Å²) in [5.41, 5.74) is 2.11. The summed E-state index contributed by atoms with van der Waals surface area (Å²) in [6, 6.07) is 6.20. The summed E-state index contributed by atoms with van der Waals surface area (Å²) in [7, 11) is 0. The largest absolute Gasteiger partial charge is 0.303 e. The van der Waals surface area contributed by atoms with E-state index in [9.17, 15) is 0 Å². The predicted molar refractivity (Wildman–Crippen MR) is 72.6 cm³/mol. The van der Waals surface area contributed by atoms with Crippen molar-refractivity contribution in [3.05, 3.63) is 53.6 Å². The van der Waals surface area contributed by atoms with E-state index in [2.05, 4.69) is 28.4 Å². The highest BCUT2D eigenvalue weighted by molar-refractivity contribution is 7.15. The molecule has 0 saturated carbocycles. The Bertz CT molecular complexity index is 600.